The van der Waals surface area contributed by atoms with Crippen LogP contribution in [-0.2, 0) is 33.2 Å². The van der Waals surface area contributed by atoms with Gasteiger partial charge >= 0.3 is 5.97 Å². The maximum Gasteiger partial charge on any atom is 0.308 e. The fourth-order valence-electron chi connectivity index (χ4n) is 9.64. The van der Waals surface area contributed by atoms with E-state index in [1.165, 1.54) is 7.11 Å². The largest absolute Gasteiger partial charge is 0.481 e. The Kier molecular flexibility index (Phi) is 10.4. The molecule has 0 aliphatic carbocycles. The number of hydrogen-bond donors (Lipinski definition) is 4. The molecule has 0 radical (unpaired) electrons. The summed E-state index contributed by atoms with van der Waals surface area (Å²) in [6.45, 7) is 15.5. The summed E-state index contributed by atoms with van der Waals surface area (Å²) in [5.74, 6) is -4.52. The van der Waals surface area contributed by atoms with Gasteiger partial charge in [0.1, 0.15) is 0 Å². The summed E-state index contributed by atoms with van der Waals surface area (Å²) in [5.41, 5.74) is -1.19. The van der Waals surface area contributed by atoms with Gasteiger partial charge in [0.2, 0.25) is 0 Å². The molecule has 5 aliphatic rings. The summed E-state index contributed by atoms with van der Waals surface area (Å²) in [4.78, 5) is 11.8. The minimum absolute atomic E-state index is 0.167. The van der Waals surface area contributed by atoms with E-state index in [1.807, 2.05) is 20.8 Å². The number of aliphatic hydroxyl groups is 3. The van der Waals surface area contributed by atoms with Crippen LogP contribution < -0.4 is 0 Å². The quantitative estimate of drug-likeness (QED) is 0.286. The number of rotatable bonds is 9. The van der Waals surface area contributed by atoms with Gasteiger partial charge < -0.3 is 48.8 Å². The van der Waals surface area contributed by atoms with Crippen LogP contribution in [0.1, 0.15) is 100 Å². The van der Waals surface area contributed by atoms with Gasteiger partial charge in [0.25, 0.3) is 0 Å². The lowest BCUT2D eigenvalue weighted by Gasteiger charge is -2.48. The lowest BCUT2D eigenvalue weighted by atomic mass is 9.78. The van der Waals surface area contributed by atoms with Crippen molar-refractivity contribution in [2.45, 2.75) is 166 Å². The standard InChI is InChI=1S/C35H60O11/c1-18-14-20(3)35(40,17-36)45-27(18)25-15-19(2)30(42-25)33(8)11-10-26(43-33)32(7)12-13-34(46-32)16-24(37)21(4)29(44-34)22(5)28(41-9)23(6)31(38)39/h18-30,36-37,40H,10-17H2,1-9H3,(H,38,39). The summed E-state index contributed by atoms with van der Waals surface area (Å²) in [6.07, 6.45) is 2.15. The van der Waals surface area contributed by atoms with Gasteiger partial charge in [0, 0.05) is 37.7 Å². The highest BCUT2D eigenvalue weighted by molar-refractivity contribution is 5.70. The van der Waals surface area contributed by atoms with Gasteiger partial charge in [-0.05, 0) is 64.7 Å². The average molecular weight is 657 g/mol. The second kappa shape index (κ2) is 13.1. The minimum Gasteiger partial charge on any atom is -0.481 e. The van der Waals surface area contributed by atoms with E-state index in [-0.39, 0.29) is 54.0 Å². The Morgan fingerprint density at radius 3 is 2.30 bits per heavy atom. The normalized spacial score (nSPS) is 51.7. The van der Waals surface area contributed by atoms with Crippen LogP contribution in [0.15, 0.2) is 0 Å². The first-order valence-electron chi connectivity index (χ1n) is 17.6. The summed E-state index contributed by atoms with van der Waals surface area (Å²) in [6, 6.07) is 0. The number of methoxy groups -OCH3 is 1. The van der Waals surface area contributed by atoms with Crippen molar-refractivity contribution in [1.82, 2.24) is 0 Å². The number of aliphatic hydroxyl groups excluding tert-OH is 2. The summed E-state index contributed by atoms with van der Waals surface area (Å²) < 4.78 is 39.1. The Balaban J connectivity index is 1.26. The Morgan fingerprint density at radius 1 is 0.978 bits per heavy atom. The van der Waals surface area contributed by atoms with E-state index >= 15 is 0 Å². The third kappa shape index (κ3) is 6.42. The van der Waals surface area contributed by atoms with Gasteiger partial charge in [-0.15, -0.1) is 0 Å². The van der Waals surface area contributed by atoms with Crippen LogP contribution in [0.4, 0.5) is 0 Å². The second-order valence-electron chi connectivity index (χ2n) is 16.2. The number of carboxylic acids is 1. The fraction of sp³-hybridized carbons (Fsp3) is 0.971. The molecular weight excluding hydrogens is 596 g/mol. The smallest absolute Gasteiger partial charge is 0.308 e. The lowest BCUT2D eigenvalue weighted by Crippen LogP contribution is -2.57. The molecule has 266 valence electrons. The molecule has 5 aliphatic heterocycles. The summed E-state index contributed by atoms with van der Waals surface area (Å²) >= 11 is 0. The van der Waals surface area contributed by atoms with E-state index in [0.29, 0.717) is 19.3 Å². The second-order valence-corrected chi connectivity index (χ2v) is 16.2. The number of carbonyl (C=O) groups is 1. The van der Waals surface area contributed by atoms with Crippen molar-refractivity contribution in [3.05, 3.63) is 0 Å². The van der Waals surface area contributed by atoms with Crippen molar-refractivity contribution < 1.29 is 53.6 Å². The monoisotopic (exact) mass is 656 g/mol. The molecular formula is C35H60O11. The number of hydrogen-bond acceptors (Lipinski definition) is 10. The molecule has 17 atom stereocenters. The highest BCUT2D eigenvalue weighted by Gasteiger charge is 2.61. The van der Waals surface area contributed by atoms with Crippen LogP contribution >= 0.6 is 0 Å². The maximum absolute atomic E-state index is 11.8. The third-order valence-corrected chi connectivity index (χ3v) is 12.6. The molecule has 1 spiro atoms. The molecule has 11 heteroatoms. The maximum atomic E-state index is 11.8. The van der Waals surface area contributed by atoms with Crippen molar-refractivity contribution in [2.24, 2.45) is 35.5 Å². The first-order valence-corrected chi connectivity index (χ1v) is 17.6. The van der Waals surface area contributed by atoms with Crippen LogP contribution in [0.25, 0.3) is 0 Å². The Hall–Kier alpha value is -0.890. The molecule has 0 aromatic carbocycles. The predicted octanol–water partition coefficient (Wildman–Crippen LogP) is 3.88. The van der Waals surface area contributed by atoms with E-state index in [0.717, 1.165) is 25.7 Å². The average Bonchev–Trinajstić information content (AvgIpc) is 3.69. The van der Waals surface area contributed by atoms with Crippen molar-refractivity contribution in [2.75, 3.05) is 13.7 Å². The summed E-state index contributed by atoms with van der Waals surface area (Å²) in [5, 5.41) is 41.7. The Labute approximate surface area is 274 Å². The van der Waals surface area contributed by atoms with E-state index in [2.05, 4.69) is 27.7 Å². The molecule has 5 rings (SSSR count). The van der Waals surface area contributed by atoms with E-state index in [4.69, 9.17) is 28.4 Å². The molecule has 46 heavy (non-hydrogen) atoms. The number of carboxylic acid groups (broad SMARTS) is 1. The van der Waals surface area contributed by atoms with Gasteiger partial charge in [-0.2, -0.15) is 0 Å². The van der Waals surface area contributed by atoms with Crippen LogP contribution in [0.5, 0.6) is 0 Å². The lowest BCUT2D eigenvalue weighted by molar-refractivity contribution is -0.336. The highest BCUT2D eigenvalue weighted by atomic mass is 16.7. The van der Waals surface area contributed by atoms with Gasteiger partial charge in [-0.3, -0.25) is 4.79 Å². The molecule has 11 nitrogen and oxygen atoms in total. The zero-order valence-corrected chi connectivity index (χ0v) is 29.3. The van der Waals surface area contributed by atoms with E-state index < -0.39 is 59.6 Å². The number of aliphatic carboxylic acids is 1. The zero-order chi connectivity index (χ0) is 34.0. The minimum atomic E-state index is -1.56. The molecule has 0 aromatic rings. The molecule has 4 N–H and O–H groups in total. The first-order chi connectivity index (χ1) is 21.4. The van der Waals surface area contributed by atoms with Gasteiger partial charge in [0.15, 0.2) is 11.6 Å². The van der Waals surface area contributed by atoms with Crippen molar-refractivity contribution in [1.29, 1.82) is 0 Å². The third-order valence-electron chi connectivity index (χ3n) is 12.6. The van der Waals surface area contributed by atoms with Gasteiger partial charge in [-0.1, -0.05) is 34.6 Å². The fourth-order valence-corrected chi connectivity index (χ4v) is 9.64. The van der Waals surface area contributed by atoms with Crippen LogP contribution in [0.2, 0.25) is 0 Å². The molecule has 0 saturated carbocycles. The number of ether oxygens (including phenoxy) is 6. The highest BCUT2D eigenvalue weighted by Crippen LogP contribution is 2.54. The van der Waals surface area contributed by atoms with Crippen molar-refractivity contribution in [3.8, 4) is 0 Å². The summed E-state index contributed by atoms with van der Waals surface area (Å²) in [7, 11) is 1.52. The molecule has 5 heterocycles. The van der Waals surface area contributed by atoms with E-state index in [1.54, 1.807) is 6.92 Å². The molecule has 17 unspecified atom stereocenters. The van der Waals surface area contributed by atoms with E-state index in [9.17, 15) is 25.2 Å². The SMILES string of the molecule is COC(C(C)C(=O)O)C(C)C1OC2(CCC(C)(C3CCC(C)(C4OC(C5OC(O)(CO)C(C)CC5C)CC4C)O3)O2)CC(O)C1C. The Bertz CT molecular complexity index is 1090. The first kappa shape index (κ1) is 36.4. The van der Waals surface area contributed by atoms with Crippen LogP contribution in [-0.4, -0.2) is 106 Å². The molecule has 0 amide bonds. The topological polar surface area (TPSA) is 153 Å². The predicted molar refractivity (Wildman–Crippen MR) is 168 cm³/mol. The van der Waals surface area contributed by atoms with Crippen molar-refractivity contribution in [3.63, 3.8) is 0 Å². The molecule has 0 bridgehead atoms. The zero-order valence-electron chi connectivity index (χ0n) is 29.3. The molecule has 0 aromatic heterocycles. The van der Waals surface area contributed by atoms with Gasteiger partial charge in [-0.25, -0.2) is 0 Å². The van der Waals surface area contributed by atoms with Crippen LogP contribution in [0.3, 0.4) is 0 Å². The van der Waals surface area contributed by atoms with Crippen LogP contribution in [0, 0.1) is 35.5 Å². The van der Waals surface area contributed by atoms with Crippen molar-refractivity contribution >= 4 is 5.97 Å². The molecule has 5 saturated heterocycles. The Morgan fingerprint density at radius 2 is 1.67 bits per heavy atom. The van der Waals surface area contributed by atoms with Gasteiger partial charge in [0.05, 0.1) is 66.5 Å². The molecule has 5 fully saturated rings.